The van der Waals surface area contributed by atoms with Crippen molar-refractivity contribution in [2.24, 2.45) is 0 Å². The summed E-state index contributed by atoms with van der Waals surface area (Å²) in [4.78, 5) is 0.114. The molecule has 20 heavy (non-hydrogen) atoms. The van der Waals surface area contributed by atoms with E-state index in [1.165, 1.54) is 18.2 Å². The van der Waals surface area contributed by atoms with E-state index in [1.54, 1.807) is 0 Å². The average molecular weight is 302 g/mol. The van der Waals surface area contributed by atoms with Gasteiger partial charge < -0.3 is 5.32 Å². The van der Waals surface area contributed by atoms with Gasteiger partial charge in [-0.15, -0.1) is 0 Å². The van der Waals surface area contributed by atoms with Gasteiger partial charge in [-0.25, -0.2) is 17.5 Å². The van der Waals surface area contributed by atoms with Crippen LogP contribution >= 0.6 is 0 Å². The first kappa shape index (κ1) is 17.1. The van der Waals surface area contributed by atoms with Crippen molar-refractivity contribution in [2.45, 2.75) is 44.6 Å². The molecular formula is C14H23FN2O2S. The Hall–Kier alpha value is -0.980. The number of unbranched alkanes of at least 4 members (excludes halogenated alkanes) is 2. The summed E-state index contributed by atoms with van der Waals surface area (Å²) in [7, 11) is -3.55. The molecule has 0 aliphatic heterocycles. The van der Waals surface area contributed by atoms with Crippen LogP contribution in [0.5, 0.6) is 0 Å². The molecule has 1 aromatic carbocycles. The normalized spacial score (nSPS) is 11.8. The van der Waals surface area contributed by atoms with Gasteiger partial charge in [0.2, 0.25) is 10.0 Å². The summed E-state index contributed by atoms with van der Waals surface area (Å²) in [6, 6.07) is 3.89. The second-order valence-electron chi connectivity index (χ2n) is 4.64. The van der Waals surface area contributed by atoms with Crippen molar-refractivity contribution in [1.82, 2.24) is 10.0 Å². The zero-order valence-corrected chi connectivity index (χ0v) is 12.9. The van der Waals surface area contributed by atoms with Crippen molar-refractivity contribution in [1.29, 1.82) is 0 Å². The topological polar surface area (TPSA) is 58.2 Å². The maximum atomic E-state index is 13.6. The Kier molecular flexibility index (Phi) is 7.12. The highest BCUT2D eigenvalue weighted by molar-refractivity contribution is 7.89. The molecule has 114 valence electrons. The Morgan fingerprint density at radius 2 is 1.95 bits per heavy atom. The van der Waals surface area contributed by atoms with E-state index >= 15 is 0 Å². The van der Waals surface area contributed by atoms with Crippen LogP contribution in [0, 0.1) is 5.82 Å². The quantitative estimate of drug-likeness (QED) is 0.689. The van der Waals surface area contributed by atoms with E-state index in [1.807, 2.05) is 6.92 Å². The van der Waals surface area contributed by atoms with Crippen molar-refractivity contribution in [3.63, 3.8) is 0 Å². The van der Waals surface area contributed by atoms with Gasteiger partial charge in [0, 0.05) is 18.7 Å². The smallest absolute Gasteiger partial charge is 0.240 e. The summed E-state index contributed by atoms with van der Waals surface area (Å²) >= 11 is 0. The van der Waals surface area contributed by atoms with Gasteiger partial charge in [0.15, 0.2) is 0 Å². The zero-order chi connectivity index (χ0) is 15.0. The lowest BCUT2D eigenvalue weighted by Crippen LogP contribution is -2.25. The molecule has 0 saturated carbocycles. The molecule has 1 aromatic rings. The lowest BCUT2D eigenvalue weighted by atomic mass is 10.2. The van der Waals surface area contributed by atoms with Gasteiger partial charge in [0.25, 0.3) is 0 Å². The van der Waals surface area contributed by atoms with Gasteiger partial charge in [0.1, 0.15) is 5.82 Å². The second kappa shape index (κ2) is 8.34. The summed E-state index contributed by atoms with van der Waals surface area (Å²) in [6.45, 7) is 5.40. The van der Waals surface area contributed by atoms with E-state index < -0.39 is 15.8 Å². The second-order valence-corrected chi connectivity index (χ2v) is 6.41. The Bertz CT molecular complexity index is 518. The van der Waals surface area contributed by atoms with Crippen LogP contribution in [0.25, 0.3) is 0 Å². The summed E-state index contributed by atoms with van der Waals surface area (Å²) in [5.41, 5.74) is 0.364. The zero-order valence-electron chi connectivity index (χ0n) is 12.1. The number of hydrogen-bond acceptors (Lipinski definition) is 3. The van der Waals surface area contributed by atoms with Crippen molar-refractivity contribution in [2.75, 3.05) is 13.1 Å². The van der Waals surface area contributed by atoms with Crippen LogP contribution < -0.4 is 10.0 Å². The van der Waals surface area contributed by atoms with Gasteiger partial charge in [0.05, 0.1) is 4.90 Å². The maximum absolute atomic E-state index is 13.6. The Balaban J connectivity index is 2.78. The fraction of sp³-hybridized carbons (Fsp3) is 0.571. The Morgan fingerprint density at radius 1 is 1.20 bits per heavy atom. The van der Waals surface area contributed by atoms with Crippen LogP contribution in [0.2, 0.25) is 0 Å². The highest BCUT2D eigenvalue weighted by atomic mass is 32.2. The first-order valence-corrected chi connectivity index (χ1v) is 8.48. The van der Waals surface area contributed by atoms with Crippen molar-refractivity contribution in [3.8, 4) is 0 Å². The predicted octanol–water partition coefficient (Wildman–Crippen LogP) is 2.40. The number of rotatable bonds is 9. The largest absolute Gasteiger partial charge is 0.313 e. The standard InChI is InChI=1S/C14H23FN2O2S/c1-3-5-6-9-17-20(18,19)13-7-8-14(15)12(10-13)11-16-4-2/h7-8,10,16-17H,3-6,9,11H2,1-2H3. The minimum atomic E-state index is -3.55. The Morgan fingerprint density at radius 3 is 2.60 bits per heavy atom. The van der Waals surface area contributed by atoms with E-state index in [0.29, 0.717) is 25.2 Å². The predicted molar refractivity (Wildman–Crippen MR) is 78.5 cm³/mol. The molecule has 0 amide bonds. The molecular weight excluding hydrogens is 279 g/mol. The molecule has 0 spiro atoms. The molecule has 0 bridgehead atoms. The summed E-state index contributed by atoms with van der Waals surface area (Å²) < 4.78 is 40.3. The Labute approximate surface area is 120 Å². The van der Waals surface area contributed by atoms with Crippen molar-refractivity contribution >= 4 is 10.0 Å². The molecule has 6 heteroatoms. The third-order valence-corrected chi connectivity index (χ3v) is 4.42. The molecule has 1 rings (SSSR count). The van der Waals surface area contributed by atoms with Crippen LogP contribution in [0.15, 0.2) is 23.1 Å². The average Bonchev–Trinajstić information content (AvgIpc) is 2.42. The molecule has 0 saturated heterocycles. The van der Waals surface area contributed by atoms with E-state index in [9.17, 15) is 12.8 Å². The van der Waals surface area contributed by atoms with Gasteiger partial charge in [-0.05, 0) is 31.2 Å². The minimum Gasteiger partial charge on any atom is -0.313 e. The lowest BCUT2D eigenvalue weighted by Gasteiger charge is -2.09. The van der Waals surface area contributed by atoms with Crippen LogP contribution in [-0.2, 0) is 16.6 Å². The number of halogens is 1. The number of nitrogens with one attached hydrogen (secondary N) is 2. The molecule has 0 heterocycles. The number of sulfonamides is 1. The van der Waals surface area contributed by atoms with Crippen molar-refractivity contribution < 1.29 is 12.8 Å². The lowest BCUT2D eigenvalue weighted by molar-refractivity contribution is 0.572. The molecule has 0 fully saturated rings. The van der Waals surface area contributed by atoms with Crippen LogP contribution in [0.3, 0.4) is 0 Å². The molecule has 0 aromatic heterocycles. The van der Waals surface area contributed by atoms with Crippen LogP contribution in [0.1, 0.15) is 38.7 Å². The highest BCUT2D eigenvalue weighted by Gasteiger charge is 2.15. The minimum absolute atomic E-state index is 0.114. The first-order valence-electron chi connectivity index (χ1n) is 7.00. The molecule has 0 aliphatic carbocycles. The SMILES string of the molecule is CCCCCNS(=O)(=O)c1ccc(F)c(CNCC)c1. The molecule has 2 N–H and O–H groups in total. The molecule has 0 radical (unpaired) electrons. The van der Waals surface area contributed by atoms with E-state index in [-0.39, 0.29) is 4.90 Å². The highest BCUT2D eigenvalue weighted by Crippen LogP contribution is 2.15. The maximum Gasteiger partial charge on any atom is 0.240 e. The van der Waals surface area contributed by atoms with E-state index in [0.717, 1.165) is 19.3 Å². The van der Waals surface area contributed by atoms with Crippen molar-refractivity contribution in [3.05, 3.63) is 29.6 Å². The fourth-order valence-electron chi connectivity index (χ4n) is 1.78. The van der Waals surface area contributed by atoms with E-state index in [2.05, 4.69) is 17.0 Å². The number of benzene rings is 1. The third-order valence-electron chi connectivity index (χ3n) is 2.97. The summed E-state index contributed by atoms with van der Waals surface area (Å²) in [5.74, 6) is -0.393. The van der Waals surface area contributed by atoms with Crippen LogP contribution in [0.4, 0.5) is 4.39 Å². The molecule has 0 unspecified atom stereocenters. The molecule has 0 aliphatic rings. The third kappa shape index (κ3) is 5.19. The molecule has 4 nitrogen and oxygen atoms in total. The van der Waals surface area contributed by atoms with Crippen LogP contribution in [-0.4, -0.2) is 21.5 Å². The van der Waals surface area contributed by atoms with E-state index in [4.69, 9.17) is 0 Å². The summed E-state index contributed by atoms with van der Waals surface area (Å²) in [6.07, 6.45) is 2.82. The first-order chi connectivity index (χ1) is 9.51. The number of hydrogen-bond donors (Lipinski definition) is 2. The fourth-order valence-corrected chi connectivity index (χ4v) is 2.90. The van der Waals surface area contributed by atoms with Gasteiger partial charge in [-0.1, -0.05) is 26.7 Å². The molecule has 0 atom stereocenters. The van der Waals surface area contributed by atoms with Gasteiger partial charge in [-0.3, -0.25) is 0 Å². The van der Waals surface area contributed by atoms with Gasteiger partial charge in [-0.2, -0.15) is 0 Å². The summed E-state index contributed by atoms with van der Waals surface area (Å²) in [5, 5.41) is 2.99. The monoisotopic (exact) mass is 302 g/mol. The van der Waals surface area contributed by atoms with Gasteiger partial charge >= 0.3 is 0 Å².